The van der Waals surface area contributed by atoms with Gasteiger partial charge in [-0.1, -0.05) is 17.7 Å². The summed E-state index contributed by atoms with van der Waals surface area (Å²) in [6.45, 7) is 6.12. The number of anilines is 3. The summed E-state index contributed by atoms with van der Waals surface area (Å²) >= 11 is 0. The van der Waals surface area contributed by atoms with Crippen molar-refractivity contribution in [1.82, 2.24) is 15.2 Å². The van der Waals surface area contributed by atoms with Gasteiger partial charge in [-0.05, 0) is 32.9 Å². The van der Waals surface area contributed by atoms with Gasteiger partial charge in [-0.25, -0.2) is 0 Å². The van der Waals surface area contributed by atoms with Gasteiger partial charge in [0.2, 0.25) is 5.95 Å². The first kappa shape index (κ1) is 12.3. The quantitative estimate of drug-likeness (QED) is 0.864. The van der Waals surface area contributed by atoms with Crippen LogP contribution >= 0.6 is 0 Å². The summed E-state index contributed by atoms with van der Waals surface area (Å²) < 4.78 is 0. The fourth-order valence-electron chi connectivity index (χ4n) is 1.47. The molecule has 2 rings (SSSR count). The van der Waals surface area contributed by atoms with E-state index in [1.165, 1.54) is 5.56 Å². The lowest BCUT2D eigenvalue weighted by Gasteiger charge is -2.09. The molecule has 5 nitrogen and oxygen atoms in total. The molecular weight excluding hydrogens is 226 g/mol. The normalized spacial score (nSPS) is 10.4. The Morgan fingerprint density at radius 1 is 1.11 bits per heavy atom. The van der Waals surface area contributed by atoms with Gasteiger partial charge in [-0.2, -0.15) is 10.1 Å². The lowest BCUT2D eigenvalue weighted by Crippen LogP contribution is -2.13. The molecule has 0 fully saturated rings. The van der Waals surface area contributed by atoms with Crippen LogP contribution in [0.4, 0.5) is 17.5 Å². The van der Waals surface area contributed by atoms with Gasteiger partial charge in [0.05, 0.1) is 6.20 Å². The van der Waals surface area contributed by atoms with E-state index in [1.807, 2.05) is 38.1 Å². The summed E-state index contributed by atoms with van der Waals surface area (Å²) in [6, 6.07) is 8.38. The second-order valence-electron chi connectivity index (χ2n) is 4.46. The monoisotopic (exact) mass is 243 g/mol. The van der Waals surface area contributed by atoms with E-state index in [1.54, 1.807) is 6.20 Å². The van der Waals surface area contributed by atoms with Crippen molar-refractivity contribution < 1.29 is 0 Å². The van der Waals surface area contributed by atoms with Crippen LogP contribution in [0.1, 0.15) is 19.4 Å². The Balaban J connectivity index is 2.11. The van der Waals surface area contributed by atoms with E-state index in [0.29, 0.717) is 11.8 Å². The molecule has 1 heterocycles. The molecule has 18 heavy (non-hydrogen) atoms. The van der Waals surface area contributed by atoms with Crippen molar-refractivity contribution in [3.8, 4) is 0 Å². The van der Waals surface area contributed by atoms with E-state index in [2.05, 4.69) is 32.7 Å². The number of hydrogen-bond donors (Lipinski definition) is 2. The van der Waals surface area contributed by atoms with Crippen LogP contribution in [0.2, 0.25) is 0 Å². The third-order valence-corrected chi connectivity index (χ3v) is 2.30. The van der Waals surface area contributed by atoms with Crippen LogP contribution in [0, 0.1) is 6.92 Å². The summed E-state index contributed by atoms with van der Waals surface area (Å²) in [6.07, 6.45) is 1.60. The van der Waals surface area contributed by atoms with Crippen molar-refractivity contribution in [3.63, 3.8) is 0 Å². The summed E-state index contributed by atoms with van der Waals surface area (Å²) in [4.78, 5) is 4.33. The molecule has 0 radical (unpaired) electrons. The molecule has 1 aromatic heterocycles. The molecule has 0 bridgehead atoms. The number of aryl methyl sites for hydroxylation is 1. The maximum Gasteiger partial charge on any atom is 0.244 e. The van der Waals surface area contributed by atoms with Crippen molar-refractivity contribution in [1.29, 1.82) is 0 Å². The molecule has 0 atom stereocenters. The minimum atomic E-state index is 0.279. The summed E-state index contributed by atoms with van der Waals surface area (Å²) in [5.41, 5.74) is 2.21. The van der Waals surface area contributed by atoms with Crippen molar-refractivity contribution in [2.45, 2.75) is 26.8 Å². The van der Waals surface area contributed by atoms with Crippen molar-refractivity contribution in [3.05, 3.63) is 36.0 Å². The summed E-state index contributed by atoms with van der Waals surface area (Å²) in [5, 5.41) is 14.1. The van der Waals surface area contributed by atoms with Gasteiger partial charge in [0.15, 0.2) is 5.82 Å². The second kappa shape index (κ2) is 5.44. The molecule has 2 N–H and O–H groups in total. The van der Waals surface area contributed by atoms with Crippen LogP contribution < -0.4 is 10.6 Å². The third-order valence-electron chi connectivity index (χ3n) is 2.30. The molecule has 0 unspecified atom stereocenters. The Morgan fingerprint density at radius 2 is 1.83 bits per heavy atom. The molecule has 2 aromatic rings. The van der Waals surface area contributed by atoms with Crippen LogP contribution in [-0.4, -0.2) is 21.2 Å². The standard InChI is InChI=1S/C13H17N5/c1-9(2)15-13-17-12(8-14-18-13)16-11-6-4-10(3)5-7-11/h4-9H,1-3H3,(H2,15,16,17,18). The zero-order valence-corrected chi connectivity index (χ0v) is 10.8. The SMILES string of the molecule is Cc1ccc(Nc2cnnc(NC(C)C)n2)cc1. The molecule has 5 heteroatoms. The minimum absolute atomic E-state index is 0.279. The Kier molecular flexibility index (Phi) is 3.72. The van der Waals surface area contributed by atoms with Crippen LogP contribution in [0.25, 0.3) is 0 Å². The average molecular weight is 243 g/mol. The number of nitrogens with zero attached hydrogens (tertiary/aromatic N) is 3. The Morgan fingerprint density at radius 3 is 2.50 bits per heavy atom. The maximum atomic E-state index is 4.33. The molecular formula is C13H17N5. The van der Waals surface area contributed by atoms with Gasteiger partial charge < -0.3 is 10.6 Å². The first-order valence-corrected chi connectivity index (χ1v) is 5.93. The minimum Gasteiger partial charge on any atom is -0.351 e. The van der Waals surface area contributed by atoms with Gasteiger partial charge >= 0.3 is 0 Å². The summed E-state index contributed by atoms with van der Waals surface area (Å²) in [5.74, 6) is 1.21. The molecule has 0 spiro atoms. The predicted molar refractivity (Wildman–Crippen MR) is 73.0 cm³/mol. The highest BCUT2D eigenvalue weighted by atomic mass is 15.3. The zero-order valence-electron chi connectivity index (χ0n) is 10.8. The summed E-state index contributed by atoms with van der Waals surface area (Å²) in [7, 11) is 0. The largest absolute Gasteiger partial charge is 0.351 e. The highest BCUT2D eigenvalue weighted by Crippen LogP contribution is 2.15. The second-order valence-corrected chi connectivity index (χ2v) is 4.46. The molecule has 0 saturated carbocycles. The van der Waals surface area contributed by atoms with E-state index in [0.717, 1.165) is 5.69 Å². The fourth-order valence-corrected chi connectivity index (χ4v) is 1.47. The van der Waals surface area contributed by atoms with Gasteiger partial charge in [0, 0.05) is 11.7 Å². The number of rotatable bonds is 4. The first-order chi connectivity index (χ1) is 8.63. The molecule has 0 amide bonds. The molecule has 0 aliphatic carbocycles. The Hall–Kier alpha value is -2.17. The van der Waals surface area contributed by atoms with Crippen molar-refractivity contribution in [2.75, 3.05) is 10.6 Å². The van der Waals surface area contributed by atoms with E-state index < -0.39 is 0 Å². The number of aromatic nitrogens is 3. The molecule has 0 aliphatic rings. The average Bonchev–Trinajstić information content (AvgIpc) is 2.32. The lowest BCUT2D eigenvalue weighted by molar-refractivity contribution is 0.852. The van der Waals surface area contributed by atoms with Crippen molar-refractivity contribution in [2.24, 2.45) is 0 Å². The van der Waals surface area contributed by atoms with E-state index in [9.17, 15) is 0 Å². The highest BCUT2D eigenvalue weighted by molar-refractivity contribution is 5.56. The first-order valence-electron chi connectivity index (χ1n) is 5.93. The maximum absolute atomic E-state index is 4.33. The number of nitrogens with one attached hydrogen (secondary N) is 2. The smallest absolute Gasteiger partial charge is 0.244 e. The van der Waals surface area contributed by atoms with E-state index in [-0.39, 0.29) is 6.04 Å². The van der Waals surface area contributed by atoms with Crippen LogP contribution in [0.3, 0.4) is 0 Å². The predicted octanol–water partition coefficient (Wildman–Crippen LogP) is 2.74. The molecule has 0 saturated heterocycles. The van der Waals surface area contributed by atoms with Crippen LogP contribution in [0.15, 0.2) is 30.5 Å². The van der Waals surface area contributed by atoms with Crippen molar-refractivity contribution >= 4 is 17.5 Å². The molecule has 0 aliphatic heterocycles. The molecule has 1 aromatic carbocycles. The Labute approximate surface area is 107 Å². The van der Waals surface area contributed by atoms with E-state index >= 15 is 0 Å². The van der Waals surface area contributed by atoms with Gasteiger partial charge in [0.1, 0.15) is 0 Å². The lowest BCUT2D eigenvalue weighted by atomic mass is 10.2. The topological polar surface area (TPSA) is 62.7 Å². The Bertz CT molecular complexity index is 507. The zero-order chi connectivity index (χ0) is 13.0. The number of hydrogen-bond acceptors (Lipinski definition) is 5. The molecule has 94 valence electrons. The van der Waals surface area contributed by atoms with Gasteiger partial charge in [-0.3, -0.25) is 0 Å². The van der Waals surface area contributed by atoms with Gasteiger partial charge in [0.25, 0.3) is 0 Å². The van der Waals surface area contributed by atoms with E-state index in [4.69, 9.17) is 0 Å². The van der Waals surface area contributed by atoms with Crippen LogP contribution in [0.5, 0.6) is 0 Å². The third kappa shape index (κ3) is 3.41. The van der Waals surface area contributed by atoms with Crippen LogP contribution in [-0.2, 0) is 0 Å². The fraction of sp³-hybridized carbons (Fsp3) is 0.308. The highest BCUT2D eigenvalue weighted by Gasteiger charge is 2.02. The van der Waals surface area contributed by atoms with Gasteiger partial charge in [-0.15, -0.1) is 5.10 Å². The number of benzene rings is 1.